The standard InChI is InChI=1S/C18H13ClIN5/c19-14-6-2-1-5-13(14)15-11-25-16(20)10-23-18(25)17(24-15)22-9-12-4-3-7-21-8-12/h1-8,10-11H,9H2,(H,22,24). The maximum atomic E-state index is 6.35. The summed E-state index contributed by atoms with van der Waals surface area (Å²) in [6, 6.07) is 11.6. The largest absolute Gasteiger partial charge is 0.363 e. The summed E-state index contributed by atoms with van der Waals surface area (Å²) < 4.78 is 3.02. The predicted octanol–water partition coefficient (Wildman–Crippen LogP) is 4.66. The Bertz CT molecular complexity index is 1030. The molecule has 4 rings (SSSR count). The van der Waals surface area contributed by atoms with Gasteiger partial charge in [0, 0.05) is 30.7 Å². The molecule has 0 unspecified atom stereocenters. The molecular weight excluding hydrogens is 449 g/mol. The monoisotopic (exact) mass is 461 g/mol. The Hall–Kier alpha value is -2.19. The number of fused-ring (bicyclic) bond motifs is 1. The number of hydrogen-bond acceptors (Lipinski definition) is 4. The summed E-state index contributed by atoms with van der Waals surface area (Å²) in [5.74, 6) is 0.712. The molecule has 0 saturated heterocycles. The number of aromatic nitrogens is 4. The Balaban J connectivity index is 1.78. The molecule has 0 radical (unpaired) electrons. The van der Waals surface area contributed by atoms with Crippen molar-refractivity contribution in [3.05, 3.63) is 75.5 Å². The molecule has 0 atom stereocenters. The van der Waals surface area contributed by atoms with Crippen molar-refractivity contribution in [2.45, 2.75) is 6.54 Å². The molecule has 0 amide bonds. The van der Waals surface area contributed by atoms with Gasteiger partial charge in [0.25, 0.3) is 0 Å². The van der Waals surface area contributed by atoms with Crippen LogP contribution in [0.15, 0.2) is 61.2 Å². The van der Waals surface area contributed by atoms with Crippen LogP contribution in [-0.4, -0.2) is 19.4 Å². The fraction of sp³-hybridized carbons (Fsp3) is 0.0556. The van der Waals surface area contributed by atoms with Crippen molar-refractivity contribution >= 4 is 45.7 Å². The van der Waals surface area contributed by atoms with Gasteiger partial charge < -0.3 is 5.32 Å². The van der Waals surface area contributed by atoms with Crippen molar-refractivity contribution in [3.8, 4) is 11.3 Å². The van der Waals surface area contributed by atoms with E-state index in [1.807, 2.05) is 59.4 Å². The Kier molecular flexibility index (Phi) is 4.54. The number of hydrogen-bond donors (Lipinski definition) is 1. The van der Waals surface area contributed by atoms with Crippen LogP contribution in [-0.2, 0) is 6.54 Å². The van der Waals surface area contributed by atoms with Crippen molar-refractivity contribution in [1.82, 2.24) is 19.4 Å². The number of nitrogens with zero attached hydrogens (tertiary/aromatic N) is 4. The van der Waals surface area contributed by atoms with E-state index in [0.717, 1.165) is 26.2 Å². The van der Waals surface area contributed by atoms with E-state index >= 15 is 0 Å². The summed E-state index contributed by atoms with van der Waals surface area (Å²) in [4.78, 5) is 13.4. The lowest BCUT2D eigenvalue weighted by molar-refractivity contribution is 1.05. The minimum Gasteiger partial charge on any atom is -0.363 e. The highest BCUT2D eigenvalue weighted by Gasteiger charge is 2.13. The van der Waals surface area contributed by atoms with Gasteiger partial charge in [-0.15, -0.1) is 0 Å². The number of pyridine rings is 1. The Labute approximate surface area is 163 Å². The van der Waals surface area contributed by atoms with Gasteiger partial charge in [-0.1, -0.05) is 35.9 Å². The molecule has 0 aliphatic carbocycles. The molecule has 4 aromatic rings. The molecule has 3 heterocycles. The van der Waals surface area contributed by atoms with Gasteiger partial charge in [0.2, 0.25) is 0 Å². The summed E-state index contributed by atoms with van der Waals surface area (Å²) in [6.07, 6.45) is 7.37. The maximum Gasteiger partial charge on any atom is 0.180 e. The van der Waals surface area contributed by atoms with E-state index in [1.165, 1.54) is 0 Å². The summed E-state index contributed by atoms with van der Waals surface area (Å²) >= 11 is 8.61. The molecule has 5 nitrogen and oxygen atoms in total. The van der Waals surface area contributed by atoms with E-state index in [1.54, 1.807) is 6.20 Å². The van der Waals surface area contributed by atoms with Crippen LogP contribution in [0.25, 0.3) is 16.9 Å². The average Bonchev–Trinajstić information content (AvgIpc) is 3.02. The van der Waals surface area contributed by atoms with Gasteiger partial charge in [0.05, 0.1) is 16.9 Å². The first-order chi connectivity index (χ1) is 12.2. The van der Waals surface area contributed by atoms with Crippen molar-refractivity contribution < 1.29 is 0 Å². The molecule has 7 heteroatoms. The van der Waals surface area contributed by atoms with Crippen molar-refractivity contribution in [1.29, 1.82) is 0 Å². The first-order valence-electron chi connectivity index (χ1n) is 7.63. The normalized spacial score (nSPS) is 11.0. The van der Waals surface area contributed by atoms with Crippen LogP contribution in [0.4, 0.5) is 5.82 Å². The van der Waals surface area contributed by atoms with Crippen LogP contribution in [0.2, 0.25) is 5.02 Å². The third-order valence-electron chi connectivity index (χ3n) is 3.78. The van der Waals surface area contributed by atoms with Crippen LogP contribution in [0.5, 0.6) is 0 Å². The summed E-state index contributed by atoms with van der Waals surface area (Å²) in [6.45, 7) is 0.617. The molecule has 0 fully saturated rings. The molecule has 0 spiro atoms. The Morgan fingerprint density at radius 1 is 1.12 bits per heavy atom. The van der Waals surface area contributed by atoms with Crippen LogP contribution >= 0.6 is 34.2 Å². The van der Waals surface area contributed by atoms with E-state index in [9.17, 15) is 0 Å². The average molecular weight is 462 g/mol. The number of anilines is 1. The predicted molar refractivity (Wildman–Crippen MR) is 108 cm³/mol. The lowest BCUT2D eigenvalue weighted by Crippen LogP contribution is -2.06. The summed E-state index contributed by atoms with van der Waals surface area (Å²) in [5.41, 5.74) is 3.54. The molecule has 0 saturated carbocycles. The zero-order chi connectivity index (χ0) is 17.2. The van der Waals surface area contributed by atoms with Gasteiger partial charge in [-0.2, -0.15) is 0 Å². The molecular formula is C18H13ClIN5. The second-order valence-corrected chi connectivity index (χ2v) is 6.96. The molecule has 3 aromatic heterocycles. The Morgan fingerprint density at radius 2 is 2.00 bits per heavy atom. The number of nitrogens with one attached hydrogen (secondary N) is 1. The van der Waals surface area contributed by atoms with Gasteiger partial charge in [0.1, 0.15) is 3.70 Å². The van der Waals surface area contributed by atoms with Crippen LogP contribution in [0.1, 0.15) is 5.56 Å². The van der Waals surface area contributed by atoms with E-state index < -0.39 is 0 Å². The van der Waals surface area contributed by atoms with Crippen LogP contribution in [0.3, 0.4) is 0 Å². The van der Waals surface area contributed by atoms with Gasteiger partial charge >= 0.3 is 0 Å². The van der Waals surface area contributed by atoms with Crippen LogP contribution in [0, 0.1) is 3.70 Å². The van der Waals surface area contributed by atoms with Crippen molar-refractivity contribution in [2.24, 2.45) is 0 Å². The smallest absolute Gasteiger partial charge is 0.180 e. The van der Waals surface area contributed by atoms with E-state index in [4.69, 9.17) is 16.6 Å². The topological polar surface area (TPSA) is 55.1 Å². The SMILES string of the molecule is Clc1ccccc1-c1cn2c(I)cnc2c(NCc2cccnc2)n1. The van der Waals surface area contributed by atoms with Gasteiger partial charge in [-0.3, -0.25) is 9.38 Å². The zero-order valence-corrected chi connectivity index (χ0v) is 15.9. The fourth-order valence-electron chi connectivity index (χ4n) is 2.57. The number of rotatable bonds is 4. The highest BCUT2D eigenvalue weighted by Crippen LogP contribution is 2.29. The van der Waals surface area contributed by atoms with Gasteiger partial charge in [-0.05, 0) is 40.3 Å². The van der Waals surface area contributed by atoms with E-state index in [0.29, 0.717) is 17.4 Å². The van der Waals surface area contributed by atoms with Gasteiger partial charge in [0.15, 0.2) is 11.5 Å². The Morgan fingerprint density at radius 3 is 2.80 bits per heavy atom. The van der Waals surface area contributed by atoms with Gasteiger partial charge in [-0.25, -0.2) is 9.97 Å². The number of benzene rings is 1. The number of halogens is 2. The highest BCUT2D eigenvalue weighted by molar-refractivity contribution is 14.1. The third kappa shape index (κ3) is 3.32. The molecule has 124 valence electrons. The van der Waals surface area contributed by atoms with Crippen LogP contribution < -0.4 is 5.32 Å². The van der Waals surface area contributed by atoms with Crippen molar-refractivity contribution in [3.63, 3.8) is 0 Å². The molecule has 0 bridgehead atoms. The lowest BCUT2D eigenvalue weighted by Gasteiger charge is -2.11. The first-order valence-corrected chi connectivity index (χ1v) is 9.09. The zero-order valence-electron chi connectivity index (χ0n) is 13.0. The highest BCUT2D eigenvalue weighted by atomic mass is 127. The van der Waals surface area contributed by atoms with E-state index in [-0.39, 0.29) is 0 Å². The first kappa shape index (κ1) is 16.3. The molecule has 0 aliphatic rings. The minimum atomic E-state index is 0.617. The molecule has 25 heavy (non-hydrogen) atoms. The van der Waals surface area contributed by atoms with E-state index in [2.05, 4.69) is 37.9 Å². The summed E-state index contributed by atoms with van der Waals surface area (Å²) in [7, 11) is 0. The lowest BCUT2D eigenvalue weighted by atomic mass is 10.1. The molecule has 1 N–H and O–H groups in total. The second-order valence-electron chi connectivity index (χ2n) is 5.44. The van der Waals surface area contributed by atoms with Crippen molar-refractivity contribution in [2.75, 3.05) is 5.32 Å². The molecule has 1 aromatic carbocycles. The number of imidazole rings is 1. The maximum absolute atomic E-state index is 6.35. The minimum absolute atomic E-state index is 0.617. The third-order valence-corrected chi connectivity index (χ3v) is 4.91. The molecule has 0 aliphatic heterocycles. The quantitative estimate of drug-likeness (QED) is 0.449. The fourth-order valence-corrected chi connectivity index (χ4v) is 3.30. The summed E-state index contributed by atoms with van der Waals surface area (Å²) in [5, 5.41) is 4.04. The second kappa shape index (κ2) is 6.97.